The molecule has 0 unspecified atom stereocenters. The Balaban J connectivity index is 1.43. The van der Waals surface area contributed by atoms with Gasteiger partial charge in [-0.25, -0.2) is 15.0 Å². The number of benzene rings is 3. The number of aromatic nitrogens is 3. The number of rotatable bonds is 9. The molecule has 5 rings (SSSR count). The van der Waals surface area contributed by atoms with Crippen molar-refractivity contribution in [3.8, 4) is 0 Å². The highest BCUT2D eigenvalue weighted by molar-refractivity contribution is 7.99. The minimum Gasteiger partial charge on any atom is -0.385 e. The Hall–Kier alpha value is -3.90. The maximum atomic E-state index is 4.75. The van der Waals surface area contributed by atoms with E-state index in [0.29, 0.717) is 11.6 Å². The summed E-state index contributed by atoms with van der Waals surface area (Å²) in [6, 6.07) is 31.5. The molecule has 3 aromatic carbocycles. The Morgan fingerprint density at radius 3 is 2.39 bits per heavy atom. The highest BCUT2D eigenvalue weighted by atomic mass is 32.2. The van der Waals surface area contributed by atoms with E-state index in [1.165, 1.54) is 10.5 Å². The molecule has 6 heteroatoms. The zero-order valence-electron chi connectivity index (χ0n) is 20.5. The van der Waals surface area contributed by atoms with Crippen LogP contribution in [0.2, 0.25) is 0 Å². The number of nitrogens with one attached hydrogen (secondary N) is 2. The first-order valence-corrected chi connectivity index (χ1v) is 13.0. The van der Waals surface area contributed by atoms with Crippen LogP contribution in [0.5, 0.6) is 0 Å². The Morgan fingerprint density at radius 2 is 1.61 bits per heavy atom. The summed E-state index contributed by atoms with van der Waals surface area (Å²) in [5.74, 6) is 1.09. The summed E-state index contributed by atoms with van der Waals surface area (Å²) in [6.07, 6.45) is 2.54. The van der Waals surface area contributed by atoms with Gasteiger partial charge < -0.3 is 10.6 Å². The lowest BCUT2D eigenvalue weighted by molar-refractivity contribution is 0.827. The minimum absolute atomic E-state index is 0.341. The van der Waals surface area contributed by atoms with Gasteiger partial charge in [0, 0.05) is 27.7 Å². The van der Waals surface area contributed by atoms with Crippen LogP contribution in [-0.4, -0.2) is 21.5 Å². The molecule has 0 amide bonds. The second kappa shape index (κ2) is 11.2. The Labute approximate surface area is 216 Å². The summed E-state index contributed by atoms with van der Waals surface area (Å²) in [6.45, 7) is 5.13. The maximum Gasteiger partial charge on any atom is 0.164 e. The second-order valence-corrected chi connectivity index (χ2v) is 10.0. The fraction of sp³-hybridized carbons (Fsp3) is 0.167. The SMILES string of the molecule is CC(C)c1ccc2c(Nc3cc(NCCc4ccccc4)ccc3Sc3ccccc3)ncnc2n1. The van der Waals surface area contributed by atoms with E-state index in [-0.39, 0.29) is 0 Å². The predicted molar refractivity (Wildman–Crippen MR) is 150 cm³/mol. The summed E-state index contributed by atoms with van der Waals surface area (Å²) < 4.78 is 0. The normalized spacial score (nSPS) is 11.1. The lowest BCUT2D eigenvalue weighted by Gasteiger charge is -2.16. The van der Waals surface area contributed by atoms with Crippen LogP contribution in [0.15, 0.2) is 107 Å². The third kappa shape index (κ3) is 5.83. The van der Waals surface area contributed by atoms with Crippen LogP contribution in [0.4, 0.5) is 17.2 Å². The highest BCUT2D eigenvalue weighted by Gasteiger charge is 2.12. The molecule has 0 radical (unpaired) electrons. The van der Waals surface area contributed by atoms with Crippen LogP contribution in [0.1, 0.15) is 31.0 Å². The summed E-state index contributed by atoms with van der Waals surface area (Å²) in [5.41, 5.74) is 5.09. The Bertz CT molecular complexity index is 1440. The molecule has 180 valence electrons. The standard InChI is InChI=1S/C30H29N5S/c1-21(2)26-15-14-25-29(34-26)32-20-33-30(25)35-27-19-23(31-18-17-22-9-5-3-6-10-22)13-16-28(27)36-24-11-7-4-8-12-24/h3-16,19-21,31H,17-18H2,1-2H3,(H,32,33,34,35). The summed E-state index contributed by atoms with van der Waals surface area (Å²) in [7, 11) is 0. The van der Waals surface area contributed by atoms with E-state index in [4.69, 9.17) is 4.98 Å². The van der Waals surface area contributed by atoms with E-state index >= 15 is 0 Å². The molecule has 5 aromatic rings. The molecule has 0 aliphatic rings. The molecule has 0 spiro atoms. The summed E-state index contributed by atoms with van der Waals surface area (Å²) in [5, 5.41) is 8.06. The van der Waals surface area contributed by atoms with Crippen molar-refractivity contribution in [3.63, 3.8) is 0 Å². The third-order valence-electron chi connectivity index (χ3n) is 5.90. The molecule has 0 saturated carbocycles. The minimum atomic E-state index is 0.341. The van der Waals surface area contributed by atoms with E-state index < -0.39 is 0 Å². The summed E-state index contributed by atoms with van der Waals surface area (Å²) >= 11 is 1.73. The van der Waals surface area contributed by atoms with E-state index in [2.05, 4.69) is 113 Å². The molecule has 2 heterocycles. The van der Waals surface area contributed by atoms with E-state index in [0.717, 1.165) is 46.1 Å². The van der Waals surface area contributed by atoms with Gasteiger partial charge >= 0.3 is 0 Å². The van der Waals surface area contributed by atoms with E-state index in [9.17, 15) is 0 Å². The number of hydrogen-bond donors (Lipinski definition) is 2. The van der Waals surface area contributed by atoms with Crippen molar-refractivity contribution in [2.75, 3.05) is 17.2 Å². The molecule has 0 atom stereocenters. The van der Waals surface area contributed by atoms with Crippen molar-refractivity contribution in [2.24, 2.45) is 0 Å². The van der Waals surface area contributed by atoms with Crippen LogP contribution in [0.25, 0.3) is 11.0 Å². The maximum absolute atomic E-state index is 4.75. The van der Waals surface area contributed by atoms with Crippen LogP contribution >= 0.6 is 11.8 Å². The molecular formula is C30H29N5S. The molecule has 36 heavy (non-hydrogen) atoms. The quantitative estimate of drug-likeness (QED) is 0.220. The number of fused-ring (bicyclic) bond motifs is 1. The van der Waals surface area contributed by atoms with Gasteiger partial charge in [-0.2, -0.15) is 0 Å². The molecule has 0 bridgehead atoms. The van der Waals surface area contributed by atoms with Gasteiger partial charge in [-0.1, -0.05) is 74.1 Å². The van der Waals surface area contributed by atoms with Crippen molar-refractivity contribution < 1.29 is 0 Å². The molecular weight excluding hydrogens is 462 g/mol. The average Bonchev–Trinajstić information content (AvgIpc) is 2.91. The molecule has 5 nitrogen and oxygen atoms in total. The van der Waals surface area contributed by atoms with Crippen LogP contribution < -0.4 is 10.6 Å². The van der Waals surface area contributed by atoms with Gasteiger partial charge in [0.2, 0.25) is 0 Å². The number of hydrogen-bond acceptors (Lipinski definition) is 6. The van der Waals surface area contributed by atoms with Crippen molar-refractivity contribution in [2.45, 2.75) is 36.0 Å². The molecule has 0 saturated heterocycles. The highest BCUT2D eigenvalue weighted by Crippen LogP contribution is 2.37. The van der Waals surface area contributed by atoms with Gasteiger partial charge in [0.1, 0.15) is 12.1 Å². The molecule has 0 aliphatic heterocycles. The Kier molecular flexibility index (Phi) is 7.43. The van der Waals surface area contributed by atoms with Crippen molar-refractivity contribution >= 4 is 40.0 Å². The number of pyridine rings is 1. The van der Waals surface area contributed by atoms with Crippen molar-refractivity contribution in [1.82, 2.24) is 15.0 Å². The zero-order chi connectivity index (χ0) is 24.7. The number of anilines is 3. The largest absolute Gasteiger partial charge is 0.385 e. The monoisotopic (exact) mass is 491 g/mol. The van der Waals surface area contributed by atoms with Crippen LogP contribution in [0, 0.1) is 0 Å². The lowest BCUT2D eigenvalue weighted by Crippen LogP contribution is -2.06. The van der Waals surface area contributed by atoms with Gasteiger partial charge in [0.25, 0.3) is 0 Å². The fourth-order valence-corrected chi connectivity index (χ4v) is 4.85. The summed E-state index contributed by atoms with van der Waals surface area (Å²) in [4.78, 5) is 16.0. The smallest absolute Gasteiger partial charge is 0.164 e. The van der Waals surface area contributed by atoms with E-state index in [1.54, 1.807) is 18.1 Å². The first-order chi connectivity index (χ1) is 17.7. The first-order valence-electron chi connectivity index (χ1n) is 12.2. The van der Waals surface area contributed by atoms with Gasteiger partial charge in [-0.05, 0) is 60.4 Å². The van der Waals surface area contributed by atoms with Crippen LogP contribution in [-0.2, 0) is 6.42 Å². The molecule has 2 aromatic heterocycles. The van der Waals surface area contributed by atoms with Gasteiger partial charge in [0.05, 0.1) is 11.1 Å². The molecule has 0 fully saturated rings. The topological polar surface area (TPSA) is 62.7 Å². The fourth-order valence-electron chi connectivity index (χ4n) is 3.94. The third-order valence-corrected chi connectivity index (χ3v) is 6.98. The Morgan fingerprint density at radius 1 is 0.833 bits per heavy atom. The van der Waals surface area contributed by atoms with E-state index in [1.807, 2.05) is 12.1 Å². The van der Waals surface area contributed by atoms with Crippen molar-refractivity contribution in [3.05, 3.63) is 109 Å². The van der Waals surface area contributed by atoms with Crippen molar-refractivity contribution in [1.29, 1.82) is 0 Å². The predicted octanol–water partition coefficient (Wildman–Crippen LogP) is 7.70. The lowest BCUT2D eigenvalue weighted by atomic mass is 10.1. The average molecular weight is 492 g/mol. The van der Waals surface area contributed by atoms with Crippen LogP contribution in [0.3, 0.4) is 0 Å². The zero-order valence-corrected chi connectivity index (χ0v) is 21.3. The van der Waals surface area contributed by atoms with Gasteiger partial charge in [-0.3, -0.25) is 0 Å². The van der Waals surface area contributed by atoms with Gasteiger partial charge in [0.15, 0.2) is 5.65 Å². The second-order valence-electron chi connectivity index (χ2n) is 8.90. The van der Waals surface area contributed by atoms with Gasteiger partial charge in [-0.15, -0.1) is 0 Å². The molecule has 2 N–H and O–H groups in total. The first kappa shape index (κ1) is 23.8. The number of nitrogens with zero attached hydrogens (tertiary/aromatic N) is 3. The molecule has 0 aliphatic carbocycles.